The van der Waals surface area contributed by atoms with Crippen molar-refractivity contribution in [1.29, 1.82) is 0 Å². The molecule has 0 spiro atoms. The number of oxazole rings is 2. The van der Waals surface area contributed by atoms with Crippen LogP contribution in [0.1, 0.15) is 128 Å². The second-order valence-electron chi connectivity index (χ2n) is 12.2. The molecule has 0 bridgehead atoms. The van der Waals surface area contributed by atoms with E-state index < -0.39 is 20.2 Å². The molecule has 0 fully saturated rings. The number of hydrogen-bond acceptors (Lipinski definition) is 11. The van der Waals surface area contributed by atoms with Crippen molar-refractivity contribution in [2.24, 2.45) is 0 Å². The van der Waals surface area contributed by atoms with Gasteiger partial charge in [0.2, 0.25) is 5.89 Å². The molecule has 3 rings (SSSR count). The van der Waals surface area contributed by atoms with Gasteiger partial charge in [-0.05, 0) is 36.0 Å². The van der Waals surface area contributed by atoms with Crippen LogP contribution in [0.5, 0.6) is 0 Å². The Kier molecular flexibility index (Phi) is 14.6. The van der Waals surface area contributed by atoms with Crippen molar-refractivity contribution >= 4 is 32.0 Å². The second kappa shape index (κ2) is 17.6. The lowest BCUT2D eigenvalue weighted by molar-refractivity contribution is -0.191. The quantitative estimate of drug-likeness (QED) is 0.0856. The fourth-order valence-electron chi connectivity index (χ4n) is 6.15. The molecule has 2 heterocycles. The van der Waals surface area contributed by atoms with Gasteiger partial charge in [-0.25, -0.2) is 14.8 Å². The van der Waals surface area contributed by atoms with Crippen LogP contribution in [0.3, 0.4) is 0 Å². The van der Waals surface area contributed by atoms with E-state index in [1.54, 1.807) is 30.5 Å². The average molecular weight is 655 g/mol. The van der Waals surface area contributed by atoms with E-state index in [0.717, 1.165) is 5.69 Å². The number of aromatic nitrogens is 2. The molecule has 3 aromatic rings. The van der Waals surface area contributed by atoms with Gasteiger partial charge in [0.15, 0.2) is 31.5 Å². The Morgan fingerprint density at radius 3 is 1.80 bits per heavy atom. The predicted octanol–water partition coefficient (Wildman–Crippen LogP) is 7.49. The molecule has 0 radical (unpaired) electrons. The summed E-state index contributed by atoms with van der Waals surface area (Å²) in [6.45, 7) is 17.2. The minimum atomic E-state index is -2.28. The van der Waals surface area contributed by atoms with Crippen molar-refractivity contribution in [3.05, 3.63) is 71.1 Å². The first-order valence-electron chi connectivity index (χ1n) is 15.5. The van der Waals surface area contributed by atoms with Crippen molar-refractivity contribution in [1.82, 2.24) is 9.97 Å². The molecule has 0 aliphatic rings. The van der Waals surface area contributed by atoms with Gasteiger partial charge in [-0.15, -0.1) is 0 Å². The van der Waals surface area contributed by atoms with Gasteiger partial charge < -0.3 is 18.0 Å². The van der Waals surface area contributed by atoms with E-state index in [1.807, 2.05) is 13.8 Å². The number of ketones is 2. The lowest BCUT2D eigenvalue weighted by Crippen LogP contribution is -2.48. The zero-order chi connectivity index (χ0) is 34.6. The van der Waals surface area contributed by atoms with E-state index in [4.69, 9.17) is 27.6 Å². The topological polar surface area (TPSA) is 156 Å². The summed E-state index contributed by atoms with van der Waals surface area (Å²) in [5, 5.41) is 0. The molecule has 0 saturated heterocycles. The highest BCUT2D eigenvalue weighted by Crippen LogP contribution is 2.43. The van der Waals surface area contributed by atoms with Gasteiger partial charge in [-0.2, -0.15) is 9.59 Å². The van der Waals surface area contributed by atoms with Gasteiger partial charge >= 0.3 is 12.1 Å². The van der Waals surface area contributed by atoms with Crippen molar-refractivity contribution in [3.63, 3.8) is 0 Å². The number of rotatable bonds is 16. The van der Waals surface area contributed by atoms with Crippen LogP contribution < -0.4 is 0 Å². The zero-order valence-electron chi connectivity index (χ0n) is 28.2. The van der Waals surface area contributed by atoms with Gasteiger partial charge in [0.25, 0.3) is 0 Å². The standard InChI is InChI=1S/C33H46N2O7Si.CO2/c1-10-24(31-34-23(8)17-40-31)15-29(36)25-12-11-13-26(14-25)30(37)16-27(32-35-28(19-41-32)33(38)39-9)18-42-43(20(2)3,21(4)5)22(6)7;2-1-3/h11-14,17,19-22,24,27H,10,15-16,18H2,1-9H3;. The SMILES string of the molecule is CCC(CC(=O)c1cccc(C(=O)CC(CO[Si](C(C)C)(C(C)C)C(C)C)c2nc(C(=O)OC)co2)c1)c1nc(C)co1.O=C=O. The Morgan fingerprint density at radius 1 is 0.848 bits per heavy atom. The molecule has 2 atom stereocenters. The number of aryl methyl sites for hydroxylation is 1. The van der Waals surface area contributed by atoms with E-state index in [-0.39, 0.29) is 54.7 Å². The van der Waals surface area contributed by atoms with Gasteiger partial charge in [-0.1, -0.05) is 66.7 Å². The summed E-state index contributed by atoms with van der Waals surface area (Å²) >= 11 is 0. The van der Waals surface area contributed by atoms with Crippen LogP contribution in [0, 0.1) is 6.92 Å². The monoisotopic (exact) mass is 654 g/mol. The first-order chi connectivity index (χ1) is 21.7. The Balaban J connectivity index is 0.00000236. The fraction of sp³-hybridized carbons (Fsp3) is 0.529. The third-order valence-corrected chi connectivity index (χ3v) is 14.4. The molecule has 2 aromatic heterocycles. The van der Waals surface area contributed by atoms with Crippen molar-refractivity contribution in [3.8, 4) is 0 Å². The summed E-state index contributed by atoms with van der Waals surface area (Å²) in [5.74, 6) is -0.782. The van der Waals surface area contributed by atoms with Crippen molar-refractivity contribution in [2.75, 3.05) is 13.7 Å². The molecule has 46 heavy (non-hydrogen) atoms. The van der Waals surface area contributed by atoms with Crippen molar-refractivity contribution in [2.45, 2.75) is 103 Å². The van der Waals surface area contributed by atoms with Gasteiger partial charge in [0, 0.05) is 36.5 Å². The van der Waals surface area contributed by atoms with Crippen LogP contribution >= 0.6 is 0 Å². The van der Waals surface area contributed by atoms with Crippen LogP contribution in [0.25, 0.3) is 0 Å². The molecular weight excluding hydrogens is 608 g/mol. The summed E-state index contributed by atoms with van der Waals surface area (Å²) in [6, 6.07) is 6.78. The Morgan fingerprint density at radius 2 is 1.35 bits per heavy atom. The Bertz CT molecular complexity index is 1460. The fourth-order valence-corrected chi connectivity index (χ4v) is 11.6. The van der Waals surface area contributed by atoms with Crippen LogP contribution in [0.4, 0.5) is 0 Å². The minimum absolute atomic E-state index is 0.0325. The van der Waals surface area contributed by atoms with Crippen LogP contribution in [0.15, 0.2) is 45.6 Å². The maximum atomic E-state index is 13.7. The molecule has 0 amide bonds. The lowest BCUT2D eigenvalue weighted by Gasteiger charge is -2.42. The van der Waals surface area contributed by atoms with Crippen LogP contribution in [-0.4, -0.2) is 55.7 Å². The number of carbonyl (C=O) groups excluding carboxylic acids is 5. The normalized spacial score (nSPS) is 12.8. The highest BCUT2D eigenvalue weighted by molar-refractivity contribution is 6.77. The van der Waals surface area contributed by atoms with E-state index in [9.17, 15) is 14.4 Å². The first kappa shape index (κ1) is 38.2. The van der Waals surface area contributed by atoms with Gasteiger partial charge in [0.05, 0.1) is 18.7 Å². The van der Waals surface area contributed by atoms with E-state index in [1.165, 1.54) is 13.4 Å². The second-order valence-corrected chi connectivity index (χ2v) is 17.7. The number of carbonyl (C=O) groups is 3. The number of nitrogens with zero attached hydrogens (tertiary/aromatic N) is 2. The maximum Gasteiger partial charge on any atom is 0.373 e. The van der Waals surface area contributed by atoms with Gasteiger partial charge in [-0.3, -0.25) is 9.59 Å². The van der Waals surface area contributed by atoms with Crippen molar-refractivity contribution < 1.29 is 42.0 Å². The number of hydrogen-bond donors (Lipinski definition) is 0. The first-order valence-corrected chi connectivity index (χ1v) is 17.6. The summed E-state index contributed by atoms with van der Waals surface area (Å²) in [4.78, 5) is 64.0. The number of methoxy groups -OCH3 is 1. The molecule has 0 aliphatic carbocycles. The minimum Gasteiger partial charge on any atom is -0.464 e. The smallest absolute Gasteiger partial charge is 0.373 e. The molecule has 0 N–H and O–H groups in total. The molecule has 0 aliphatic heterocycles. The third kappa shape index (κ3) is 9.51. The summed E-state index contributed by atoms with van der Waals surface area (Å²) in [6.07, 6.45) is 4.03. The average Bonchev–Trinajstić information content (AvgIpc) is 3.68. The highest BCUT2D eigenvalue weighted by atomic mass is 28.4. The highest BCUT2D eigenvalue weighted by Gasteiger charge is 2.45. The van der Waals surface area contributed by atoms with E-state index in [0.29, 0.717) is 40.1 Å². The van der Waals surface area contributed by atoms with E-state index in [2.05, 4.69) is 51.5 Å². The summed E-state index contributed by atoms with van der Waals surface area (Å²) in [7, 11) is -1.000. The molecule has 0 saturated carbocycles. The summed E-state index contributed by atoms with van der Waals surface area (Å²) < 4.78 is 22.9. The molecule has 1 aromatic carbocycles. The maximum absolute atomic E-state index is 13.7. The lowest BCUT2D eigenvalue weighted by atomic mass is 9.93. The van der Waals surface area contributed by atoms with E-state index >= 15 is 0 Å². The van der Waals surface area contributed by atoms with Gasteiger partial charge in [0.1, 0.15) is 12.5 Å². The number of Topliss-reactive ketones (excluding diaryl/α,β-unsaturated/α-hetero) is 2. The Hall–Kier alpha value is -3.99. The van der Waals surface area contributed by atoms with Crippen LogP contribution in [0.2, 0.25) is 16.6 Å². The largest absolute Gasteiger partial charge is 0.464 e. The summed E-state index contributed by atoms with van der Waals surface area (Å²) in [5.41, 5.74) is 2.70. The molecular formula is C34H46N2O9Si. The molecule has 11 nitrogen and oxygen atoms in total. The van der Waals surface area contributed by atoms with Crippen LogP contribution in [-0.2, 0) is 18.8 Å². The molecule has 250 valence electrons. The number of benzene rings is 1. The Labute approximate surface area is 271 Å². The number of ether oxygens (including phenoxy) is 1. The molecule has 2 unspecified atom stereocenters. The zero-order valence-corrected chi connectivity index (χ0v) is 29.2. The predicted molar refractivity (Wildman–Crippen MR) is 171 cm³/mol. The third-order valence-electron chi connectivity index (χ3n) is 8.36. The molecule has 12 heteroatoms. The number of esters is 1.